The summed E-state index contributed by atoms with van der Waals surface area (Å²) in [5.41, 5.74) is -16.6. The standard InChI is InChI=1S/C30H23BF18NO4/c1-24(51-5,50(2,3)4)23-21(30(47,48)49)12-18(29(44,45)46)13-22(23)54-31(52-19-8-14(25(32,33)34)6-15(9-19)26(35,36)37)53-20-10-16(27(38,39)40)7-17(11-20)28(41,42)43/h6-13H,1-5H3/q+1. The Morgan fingerprint density at radius 1 is 0.444 bits per heavy atom. The zero-order chi connectivity index (χ0) is 41.8. The lowest BCUT2D eigenvalue weighted by atomic mass is 9.91. The number of methoxy groups -OCH3 is 1. The quantitative estimate of drug-likeness (QED) is 0.0933. The van der Waals surface area contributed by atoms with Crippen molar-refractivity contribution in [3.05, 3.63) is 87.5 Å². The molecule has 3 aromatic carbocycles. The van der Waals surface area contributed by atoms with Crippen LogP contribution in [0.3, 0.4) is 0 Å². The lowest BCUT2D eigenvalue weighted by Gasteiger charge is -2.44. The number of alkyl halides is 18. The lowest BCUT2D eigenvalue weighted by molar-refractivity contribution is -0.957. The van der Waals surface area contributed by atoms with E-state index in [1.807, 2.05) is 0 Å². The fraction of sp³-hybridized carbons (Fsp3) is 0.400. The Bertz CT molecular complexity index is 1680. The van der Waals surface area contributed by atoms with Gasteiger partial charge in [0.1, 0.15) is 17.2 Å². The minimum Gasteiger partial charge on any atom is -0.490 e. The van der Waals surface area contributed by atoms with Gasteiger partial charge in [-0.3, -0.25) is 4.48 Å². The van der Waals surface area contributed by atoms with Crippen molar-refractivity contribution in [3.8, 4) is 17.2 Å². The third-order valence-electron chi connectivity index (χ3n) is 7.69. The maximum Gasteiger partial charge on any atom is 0.864 e. The van der Waals surface area contributed by atoms with Crippen LogP contribution in [0, 0.1) is 0 Å². The third kappa shape index (κ3) is 10.1. The van der Waals surface area contributed by atoms with E-state index in [4.69, 9.17) is 18.7 Å². The first-order chi connectivity index (χ1) is 24.0. The monoisotopic (exact) mass is 814 g/mol. The molecule has 1 atom stereocenters. The average Bonchev–Trinajstić information content (AvgIpc) is 2.96. The Morgan fingerprint density at radius 3 is 1.02 bits per heavy atom. The summed E-state index contributed by atoms with van der Waals surface area (Å²) in [4.78, 5) is 0. The molecule has 0 aliphatic rings. The van der Waals surface area contributed by atoms with E-state index in [9.17, 15) is 79.0 Å². The molecular formula is C30H23BF18NO4+. The van der Waals surface area contributed by atoms with Gasteiger partial charge in [0.25, 0.3) is 0 Å². The predicted octanol–water partition coefficient (Wildman–Crippen LogP) is 10.8. The molecule has 0 spiro atoms. The largest absolute Gasteiger partial charge is 0.864 e. The summed E-state index contributed by atoms with van der Waals surface area (Å²) in [7, 11) is 0.892. The highest BCUT2D eigenvalue weighted by Gasteiger charge is 2.52. The van der Waals surface area contributed by atoms with E-state index in [-0.39, 0.29) is 30.3 Å². The molecule has 0 aliphatic heterocycles. The number of hydrogen-bond acceptors (Lipinski definition) is 4. The topological polar surface area (TPSA) is 36.9 Å². The summed E-state index contributed by atoms with van der Waals surface area (Å²) in [5, 5.41) is 0. The molecule has 0 aromatic heterocycles. The molecule has 54 heavy (non-hydrogen) atoms. The van der Waals surface area contributed by atoms with Crippen LogP contribution in [-0.4, -0.2) is 40.1 Å². The molecule has 0 fully saturated rings. The van der Waals surface area contributed by atoms with Gasteiger partial charge in [0.05, 0.1) is 60.1 Å². The van der Waals surface area contributed by atoms with Gasteiger partial charge in [-0.1, -0.05) is 0 Å². The molecule has 0 amide bonds. The van der Waals surface area contributed by atoms with Crippen molar-refractivity contribution in [1.82, 2.24) is 0 Å². The van der Waals surface area contributed by atoms with Crippen LogP contribution in [0.25, 0.3) is 0 Å². The Kier molecular flexibility index (Phi) is 11.6. The number of nitrogens with zero attached hydrogens (tertiary/aromatic N) is 1. The summed E-state index contributed by atoms with van der Waals surface area (Å²) >= 11 is 0. The summed E-state index contributed by atoms with van der Waals surface area (Å²) in [5.74, 6) is -4.91. The highest BCUT2D eigenvalue weighted by molar-refractivity contribution is 6.39. The minimum absolute atomic E-state index is 0.169. The highest BCUT2D eigenvalue weighted by atomic mass is 19.4. The number of ether oxygens (including phenoxy) is 1. The van der Waals surface area contributed by atoms with Crippen LogP contribution >= 0.6 is 0 Å². The van der Waals surface area contributed by atoms with E-state index >= 15 is 0 Å². The van der Waals surface area contributed by atoms with Crippen LogP contribution < -0.4 is 14.0 Å². The fourth-order valence-corrected chi connectivity index (χ4v) is 4.67. The second-order valence-corrected chi connectivity index (χ2v) is 12.2. The summed E-state index contributed by atoms with van der Waals surface area (Å²) in [6.45, 7) is 0.874. The molecule has 3 rings (SSSR count). The third-order valence-corrected chi connectivity index (χ3v) is 7.69. The van der Waals surface area contributed by atoms with Crippen LogP contribution in [0.5, 0.6) is 17.2 Å². The molecular weight excluding hydrogens is 791 g/mol. The van der Waals surface area contributed by atoms with E-state index in [1.54, 1.807) is 0 Å². The van der Waals surface area contributed by atoms with Gasteiger partial charge in [-0.15, -0.1) is 0 Å². The van der Waals surface area contributed by atoms with Crippen molar-refractivity contribution in [2.75, 3.05) is 28.3 Å². The molecule has 24 heteroatoms. The molecule has 0 N–H and O–H groups in total. The van der Waals surface area contributed by atoms with Gasteiger partial charge in [-0.25, -0.2) is 0 Å². The van der Waals surface area contributed by atoms with Gasteiger partial charge >= 0.3 is 44.4 Å². The van der Waals surface area contributed by atoms with Gasteiger partial charge in [-0.2, -0.15) is 79.0 Å². The maximum atomic E-state index is 14.5. The highest BCUT2D eigenvalue weighted by Crippen LogP contribution is 2.49. The lowest BCUT2D eigenvalue weighted by Crippen LogP contribution is -2.55. The van der Waals surface area contributed by atoms with E-state index < -0.39 is 129 Å². The zero-order valence-corrected chi connectivity index (χ0v) is 27.6. The summed E-state index contributed by atoms with van der Waals surface area (Å²) in [6, 6.07) is -2.29. The summed E-state index contributed by atoms with van der Waals surface area (Å²) in [6.07, 6.45) is -33.8. The Labute approximate surface area is 292 Å². The van der Waals surface area contributed by atoms with E-state index in [0.717, 1.165) is 35.2 Å². The van der Waals surface area contributed by atoms with Gasteiger partial charge in [0.2, 0.25) is 5.72 Å². The van der Waals surface area contributed by atoms with E-state index in [0.29, 0.717) is 0 Å². The van der Waals surface area contributed by atoms with Gasteiger partial charge in [0.15, 0.2) is 0 Å². The number of quaternary nitrogens is 1. The molecule has 0 saturated carbocycles. The number of hydrogen-bond donors (Lipinski definition) is 0. The Morgan fingerprint density at radius 2 is 0.759 bits per heavy atom. The van der Waals surface area contributed by atoms with Crippen molar-refractivity contribution in [1.29, 1.82) is 0 Å². The van der Waals surface area contributed by atoms with Gasteiger partial charge in [0, 0.05) is 14.0 Å². The second-order valence-electron chi connectivity index (χ2n) is 12.2. The van der Waals surface area contributed by atoms with E-state index in [2.05, 4.69) is 0 Å². The molecule has 3 aromatic rings. The second kappa shape index (κ2) is 14.1. The molecule has 1 unspecified atom stereocenters. The first-order valence-electron chi connectivity index (χ1n) is 14.3. The molecule has 0 saturated heterocycles. The molecule has 300 valence electrons. The van der Waals surface area contributed by atoms with Gasteiger partial charge in [-0.05, 0) is 48.5 Å². The molecule has 0 heterocycles. The van der Waals surface area contributed by atoms with Crippen molar-refractivity contribution in [2.24, 2.45) is 0 Å². The SMILES string of the molecule is COC(C)(c1c(OB(Oc2cc(C(F)(F)F)cc(C(F)(F)F)c2)Oc2cc(C(F)(F)F)cc(C(F)(F)F)c2)cc(C(F)(F)F)cc1C(F)(F)F)[N+](C)(C)C. The average molecular weight is 814 g/mol. The Hall–Kier alpha value is -4.22. The normalized spacial score (nSPS) is 14.8. The molecule has 0 aliphatic carbocycles. The zero-order valence-electron chi connectivity index (χ0n) is 27.6. The van der Waals surface area contributed by atoms with Crippen LogP contribution in [0.15, 0.2) is 48.5 Å². The number of rotatable bonds is 9. The first kappa shape index (κ1) is 44.2. The van der Waals surface area contributed by atoms with Crippen LogP contribution in [0.1, 0.15) is 45.9 Å². The predicted molar refractivity (Wildman–Crippen MR) is 149 cm³/mol. The fourth-order valence-electron chi connectivity index (χ4n) is 4.67. The smallest absolute Gasteiger partial charge is 0.490 e. The van der Waals surface area contributed by atoms with E-state index in [1.165, 1.54) is 0 Å². The maximum absolute atomic E-state index is 14.5. The molecule has 5 nitrogen and oxygen atoms in total. The van der Waals surface area contributed by atoms with Crippen molar-refractivity contribution < 1.29 is 102 Å². The van der Waals surface area contributed by atoms with Crippen LogP contribution in [0.4, 0.5) is 79.0 Å². The Balaban J connectivity index is 2.49. The van der Waals surface area contributed by atoms with Crippen molar-refractivity contribution in [3.63, 3.8) is 0 Å². The summed E-state index contributed by atoms with van der Waals surface area (Å²) < 4.78 is 268. The van der Waals surface area contributed by atoms with Crippen molar-refractivity contribution in [2.45, 2.75) is 49.7 Å². The number of halogens is 18. The van der Waals surface area contributed by atoms with Crippen LogP contribution in [0.2, 0.25) is 0 Å². The van der Waals surface area contributed by atoms with Gasteiger partial charge < -0.3 is 18.7 Å². The molecule has 0 radical (unpaired) electrons. The molecule has 0 bridgehead atoms. The first-order valence-corrected chi connectivity index (χ1v) is 14.3. The van der Waals surface area contributed by atoms with Crippen LogP contribution in [-0.2, 0) is 47.5 Å². The minimum atomic E-state index is -5.73. The number of benzene rings is 3. The van der Waals surface area contributed by atoms with Crippen molar-refractivity contribution >= 4 is 7.32 Å².